The van der Waals surface area contributed by atoms with Gasteiger partial charge in [-0.15, -0.1) is 0 Å². The number of amides is 1. The first-order chi connectivity index (χ1) is 7.67. The van der Waals surface area contributed by atoms with Crippen molar-refractivity contribution < 1.29 is 4.79 Å². The molecule has 3 nitrogen and oxygen atoms in total. The minimum Gasteiger partial charge on any atom is -0.325 e. The van der Waals surface area contributed by atoms with Crippen LogP contribution >= 0.6 is 0 Å². The Balaban J connectivity index is 3.03. The molecule has 0 fully saturated rings. The molecule has 1 aromatic rings. The second kappa shape index (κ2) is 5.94. The van der Waals surface area contributed by atoms with Gasteiger partial charge in [0.05, 0.1) is 12.2 Å². The fraction of sp³-hybridized carbons (Fsp3) is 0.308. The van der Waals surface area contributed by atoms with Crippen molar-refractivity contribution in [2.75, 3.05) is 11.9 Å². The van der Waals surface area contributed by atoms with Gasteiger partial charge in [0.15, 0.2) is 0 Å². The quantitative estimate of drug-likeness (QED) is 0.739. The highest BCUT2D eigenvalue weighted by molar-refractivity contribution is 5.92. The van der Waals surface area contributed by atoms with E-state index in [0.717, 1.165) is 16.8 Å². The summed E-state index contributed by atoms with van der Waals surface area (Å²) < 4.78 is 0. The zero-order valence-corrected chi connectivity index (χ0v) is 9.63. The SMILES string of the molecule is CCC(=O)Nc1cc(C)ccc1C#CCN. The topological polar surface area (TPSA) is 55.1 Å². The molecule has 1 rings (SSSR count). The van der Waals surface area contributed by atoms with Crippen LogP contribution in [0.5, 0.6) is 0 Å². The first-order valence-corrected chi connectivity index (χ1v) is 5.26. The van der Waals surface area contributed by atoms with E-state index in [2.05, 4.69) is 17.2 Å². The molecule has 0 unspecified atom stereocenters. The molecule has 0 aliphatic carbocycles. The molecular weight excluding hydrogens is 200 g/mol. The lowest BCUT2D eigenvalue weighted by atomic mass is 10.1. The molecule has 0 bridgehead atoms. The Morgan fingerprint density at radius 1 is 1.50 bits per heavy atom. The monoisotopic (exact) mass is 216 g/mol. The molecule has 3 N–H and O–H groups in total. The molecule has 0 saturated heterocycles. The lowest BCUT2D eigenvalue weighted by molar-refractivity contribution is -0.115. The van der Waals surface area contributed by atoms with E-state index in [9.17, 15) is 4.79 Å². The summed E-state index contributed by atoms with van der Waals surface area (Å²) in [5.74, 6) is 5.71. The standard InChI is InChI=1S/C13H16N2O/c1-3-13(16)15-12-9-10(2)6-7-11(12)5-4-8-14/h6-7,9H,3,8,14H2,1-2H3,(H,15,16). The van der Waals surface area contributed by atoms with Gasteiger partial charge >= 0.3 is 0 Å². The predicted molar refractivity (Wildman–Crippen MR) is 66.0 cm³/mol. The van der Waals surface area contributed by atoms with Crippen molar-refractivity contribution in [1.82, 2.24) is 0 Å². The van der Waals surface area contributed by atoms with Crippen LogP contribution in [0.15, 0.2) is 18.2 Å². The Hall–Kier alpha value is -1.79. The van der Waals surface area contributed by atoms with Crippen LogP contribution < -0.4 is 11.1 Å². The zero-order valence-electron chi connectivity index (χ0n) is 9.63. The summed E-state index contributed by atoms with van der Waals surface area (Å²) >= 11 is 0. The van der Waals surface area contributed by atoms with Crippen molar-refractivity contribution in [3.8, 4) is 11.8 Å². The van der Waals surface area contributed by atoms with Crippen LogP contribution in [0.1, 0.15) is 24.5 Å². The third-order valence-corrected chi connectivity index (χ3v) is 2.10. The Morgan fingerprint density at radius 2 is 2.25 bits per heavy atom. The number of aryl methyl sites for hydroxylation is 1. The summed E-state index contributed by atoms with van der Waals surface area (Å²) in [4.78, 5) is 11.3. The van der Waals surface area contributed by atoms with E-state index in [1.165, 1.54) is 0 Å². The molecule has 3 heteroatoms. The maximum absolute atomic E-state index is 11.3. The van der Waals surface area contributed by atoms with Crippen LogP contribution in [0, 0.1) is 18.8 Å². The van der Waals surface area contributed by atoms with Gasteiger partial charge in [0, 0.05) is 12.0 Å². The lowest BCUT2D eigenvalue weighted by Crippen LogP contribution is -2.10. The summed E-state index contributed by atoms with van der Waals surface area (Å²) in [5, 5.41) is 2.83. The van der Waals surface area contributed by atoms with Crippen LogP contribution in [-0.4, -0.2) is 12.5 Å². The van der Waals surface area contributed by atoms with Gasteiger partial charge in [0.2, 0.25) is 5.91 Å². The first kappa shape index (κ1) is 12.3. The molecular formula is C13H16N2O. The van der Waals surface area contributed by atoms with Crippen LogP contribution in [0.3, 0.4) is 0 Å². The molecule has 0 saturated carbocycles. The third-order valence-electron chi connectivity index (χ3n) is 2.10. The Labute approximate surface area is 96.0 Å². The molecule has 1 aromatic carbocycles. The fourth-order valence-corrected chi connectivity index (χ4v) is 1.26. The number of carbonyl (C=O) groups is 1. The zero-order chi connectivity index (χ0) is 12.0. The number of nitrogens with one attached hydrogen (secondary N) is 1. The van der Waals surface area contributed by atoms with Crippen molar-refractivity contribution in [1.29, 1.82) is 0 Å². The maximum atomic E-state index is 11.3. The first-order valence-electron chi connectivity index (χ1n) is 5.26. The molecule has 16 heavy (non-hydrogen) atoms. The smallest absolute Gasteiger partial charge is 0.224 e. The Kier molecular flexibility index (Phi) is 4.56. The molecule has 0 radical (unpaired) electrons. The van der Waals surface area contributed by atoms with E-state index >= 15 is 0 Å². The predicted octanol–water partition coefficient (Wildman–Crippen LogP) is 1.65. The van der Waals surface area contributed by atoms with Crippen LogP contribution in [0.4, 0.5) is 5.69 Å². The average molecular weight is 216 g/mol. The minimum absolute atomic E-state index is 0.0126. The van der Waals surface area contributed by atoms with Crippen molar-refractivity contribution in [2.45, 2.75) is 20.3 Å². The highest BCUT2D eigenvalue weighted by atomic mass is 16.1. The van der Waals surface area contributed by atoms with Gasteiger partial charge in [-0.1, -0.05) is 24.8 Å². The lowest BCUT2D eigenvalue weighted by Gasteiger charge is -2.07. The van der Waals surface area contributed by atoms with Gasteiger partial charge < -0.3 is 11.1 Å². The molecule has 0 heterocycles. The molecule has 0 aliphatic rings. The fourth-order valence-electron chi connectivity index (χ4n) is 1.26. The summed E-state index contributed by atoms with van der Waals surface area (Å²) in [6.07, 6.45) is 0.456. The van der Waals surface area contributed by atoms with Crippen LogP contribution in [0.2, 0.25) is 0 Å². The summed E-state index contributed by atoms with van der Waals surface area (Å²) in [6.45, 7) is 4.10. The van der Waals surface area contributed by atoms with Crippen molar-refractivity contribution >= 4 is 11.6 Å². The van der Waals surface area contributed by atoms with Gasteiger partial charge in [-0.3, -0.25) is 4.79 Å². The van der Waals surface area contributed by atoms with E-state index in [1.807, 2.05) is 32.0 Å². The second-order valence-electron chi connectivity index (χ2n) is 3.46. The van der Waals surface area contributed by atoms with Crippen LogP contribution in [-0.2, 0) is 4.79 Å². The maximum Gasteiger partial charge on any atom is 0.224 e. The number of hydrogen-bond donors (Lipinski definition) is 2. The second-order valence-corrected chi connectivity index (χ2v) is 3.46. The van der Waals surface area contributed by atoms with Crippen LogP contribution in [0.25, 0.3) is 0 Å². The third kappa shape index (κ3) is 3.41. The van der Waals surface area contributed by atoms with E-state index in [-0.39, 0.29) is 5.91 Å². The van der Waals surface area contributed by atoms with Gasteiger partial charge in [0.1, 0.15) is 0 Å². The summed E-state index contributed by atoms with van der Waals surface area (Å²) in [5.41, 5.74) is 7.97. The van der Waals surface area contributed by atoms with Crippen molar-refractivity contribution in [2.24, 2.45) is 5.73 Å². The van der Waals surface area contributed by atoms with E-state index in [4.69, 9.17) is 5.73 Å². The van der Waals surface area contributed by atoms with Gasteiger partial charge in [-0.05, 0) is 24.6 Å². The minimum atomic E-state index is -0.0126. The molecule has 84 valence electrons. The number of hydrogen-bond acceptors (Lipinski definition) is 2. The van der Waals surface area contributed by atoms with Gasteiger partial charge in [-0.2, -0.15) is 0 Å². The summed E-state index contributed by atoms with van der Waals surface area (Å²) in [6, 6.07) is 5.76. The van der Waals surface area contributed by atoms with Crippen molar-refractivity contribution in [3.05, 3.63) is 29.3 Å². The number of carbonyl (C=O) groups excluding carboxylic acids is 1. The normalized spacial score (nSPS) is 9.19. The number of rotatable bonds is 2. The molecule has 0 aliphatic heterocycles. The number of benzene rings is 1. The molecule has 0 spiro atoms. The largest absolute Gasteiger partial charge is 0.325 e. The highest BCUT2D eigenvalue weighted by Crippen LogP contribution is 2.16. The van der Waals surface area contributed by atoms with Crippen molar-refractivity contribution in [3.63, 3.8) is 0 Å². The van der Waals surface area contributed by atoms with E-state index in [0.29, 0.717) is 13.0 Å². The number of nitrogens with two attached hydrogens (primary N) is 1. The van der Waals surface area contributed by atoms with E-state index < -0.39 is 0 Å². The average Bonchev–Trinajstić information content (AvgIpc) is 2.28. The Morgan fingerprint density at radius 3 is 2.88 bits per heavy atom. The Bertz CT molecular complexity index is 441. The molecule has 1 amide bonds. The molecule has 0 aromatic heterocycles. The van der Waals surface area contributed by atoms with Gasteiger partial charge in [-0.25, -0.2) is 0 Å². The highest BCUT2D eigenvalue weighted by Gasteiger charge is 2.03. The summed E-state index contributed by atoms with van der Waals surface area (Å²) in [7, 11) is 0. The van der Waals surface area contributed by atoms with E-state index in [1.54, 1.807) is 0 Å². The van der Waals surface area contributed by atoms with Gasteiger partial charge in [0.25, 0.3) is 0 Å². The number of anilines is 1. The molecule has 0 atom stereocenters.